The number of fused-ring (bicyclic) bond motifs is 1. The van der Waals surface area contributed by atoms with E-state index in [2.05, 4.69) is 9.97 Å². The van der Waals surface area contributed by atoms with Crippen LogP contribution < -0.4 is 11.2 Å². The molecule has 3 heterocycles. The van der Waals surface area contributed by atoms with Crippen LogP contribution in [0.25, 0.3) is 11.0 Å². The molecule has 0 unspecified atom stereocenters. The van der Waals surface area contributed by atoms with Crippen molar-refractivity contribution in [3.63, 3.8) is 0 Å². The maximum Gasteiger partial charge on any atom is 0.329 e. The lowest BCUT2D eigenvalue weighted by Crippen LogP contribution is -2.32. The summed E-state index contributed by atoms with van der Waals surface area (Å²) < 4.78 is 2.08. The van der Waals surface area contributed by atoms with Gasteiger partial charge in [0.2, 0.25) is 0 Å². The molecule has 0 saturated carbocycles. The number of halogens is 1. The normalized spacial score (nSPS) is 11.1. The molecule has 7 nitrogen and oxygen atoms in total. The number of H-pyrrole nitrogens is 1. The molecule has 0 aromatic carbocycles. The Morgan fingerprint density at radius 3 is 2.74 bits per heavy atom. The summed E-state index contributed by atoms with van der Waals surface area (Å²) in [7, 11) is 0. The van der Waals surface area contributed by atoms with Crippen molar-refractivity contribution in [1.82, 2.24) is 19.4 Å². The summed E-state index contributed by atoms with van der Waals surface area (Å²) in [4.78, 5) is 46.3. The summed E-state index contributed by atoms with van der Waals surface area (Å²) in [6, 6.07) is 5.18. The Bertz CT molecular complexity index is 1100. The molecule has 3 aromatic heterocycles. The monoisotopic (exact) mass is 406 g/mol. The highest BCUT2D eigenvalue weighted by atomic mass is 35.5. The van der Waals surface area contributed by atoms with E-state index in [1.807, 2.05) is 19.9 Å². The number of nitrogens with zero attached hydrogens (tertiary/aromatic N) is 3. The Labute approximate surface area is 164 Å². The fourth-order valence-corrected chi connectivity index (χ4v) is 3.95. The average Bonchev–Trinajstić information content (AvgIpc) is 3.07. The summed E-state index contributed by atoms with van der Waals surface area (Å²) >= 11 is 7.38. The molecular weight excluding hydrogens is 388 g/mol. The highest BCUT2D eigenvalue weighted by molar-refractivity contribution is 7.16. The Balaban J connectivity index is 1.99. The molecule has 3 rings (SSSR count). The second-order valence-corrected chi connectivity index (χ2v) is 7.83. The maximum atomic E-state index is 12.9. The molecule has 1 N–H and O–H groups in total. The molecule has 0 spiro atoms. The number of nitrogens with one attached hydrogen (secondary N) is 1. The van der Waals surface area contributed by atoms with Gasteiger partial charge < -0.3 is 4.90 Å². The minimum atomic E-state index is -0.544. The molecule has 0 aliphatic carbocycles. The van der Waals surface area contributed by atoms with Gasteiger partial charge in [0.25, 0.3) is 11.5 Å². The number of hydrogen-bond donors (Lipinski definition) is 1. The standard InChI is InChI=1S/C18H19ClN4O3S/c1-3-7-23-15-13(16(24)21-18(23)26)8-11(9-20-15)17(25)22(4-2)10-12-5-6-14(19)27-12/h5-6,8-9H,3-4,7,10H2,1-2H3,(H,21,24,26). The first-order chi connectivity index (χ1) is 12.9. The van der Waals surface area contributed by atoms with Gasteiger partial charge in [-0.1, -0.05) is 18.5 Å². The van der Waals surface area contributed by atoms with Gasteiger partial charge in [-0.2, -0.15) is 0 Å². The number of carbonyl (C=O) groups is 1. The molecule has 142 valence electrons. The third-order valence-corrected chi connectivity index (χ3v) is 5.39. The van der Waals surface area contributed by atoms with Crippen LogP contribution in [-0.4, -0.2) is 31.9 Å². The van der Waals surface area contributed by atoms with Gasteiger partial charge in [-0.05, 0) is 31.5 Å². The van der Waals surface area contributed by atoms with E-state index in [9.17, 15) is 14.4 Å². The Morgan fingerprint density at radius 1 is 1.33 bits per heavy atom. The van der Waals surface area contributed by atoms with Crippen molar-refractivity contribution in [2.24, 2.45) is 0 Å². The fraction of sp³-hybridized carbons (Fsp3) is 0.333. The van der Waals surface area contributed by atoms with Crippen molar-refractivity contribution in [1.29, 1.82) is 0 Å². The zero-order valence-corrected chi connectivity index (χ0v) is 16.6. The van der Waals surface area contributed by atoms with E-state index < -0.39 is 11.2 Å². The first-order valence-electron chi connectivity index (χ1n) is 8.61. The molecule has 27 heavy (non-hydrogen) atoms. The largest absolute Gasteiger partial charge is 0.334 e. The Kier molecular flexibility index (Phi) is 5.76. The van der Waals surface area contributed by atoms with Crippen LogP contribution in [0.5, 0.6) is 0 Å². The molecule has 0 bridgehead atoms. The van der Waals surface area contributed by atoms with E-state index in [4.69, 9.17) is 11.6 Å². The molecule has 0 radical (unpaired) electrons. The van der Waals surface area contributed by atoms with Crippen LogP contribution in [0.2, 0.25) is 4.34 Å². The first kappa shape index (κ1) is 19.3. The second-order valence-electron chi connectivity index (χ2n) is 6.03. The number of rotatable bonds is 6. The predicted molar refractivity (Wildman–Crippen MR) is 107 cm³/mol. The first-order valence-corrected chi connectivity index (χ1v) is 9.80. The zero-order chi connectivity index (χ0) is 19.6. The Morgan fingerprint density at radius 2 is 2.11 bits per heavy atom. The van der Waals surface area contributed by atoms with Crippen molar-refractivity contribution < 1.29 is 4.79 Å². The summed E-state index contributed by atoms with van der Waals surface area (Å²) in [5.41, 5.74) is -0.447. The smallest absolute Gasteiger partial charge is 0.329 e. The Hall–Kier alpha value is -2.45. The summed E-state index contributed by atoms with van der Waals surface area (Å²) in [6.07, 6.45) is 2.14. The molecule has 9 heteroatoms. The van der Waals surface area contributed by atoms with Crippen LogP contribution in [-0.2, 0) is 13.1 Å². The van der Waals surface area contributed by atoms with Crippen LogP contribution in [0.15, 0.2) is 34.0 Å². The lowest BCUT2D eigenvalue weighted by molar-refractivity contribution is 0.0754. The van der Waals surface area contributed by atoms with Crippen molar-refractivity contribution in [3.8, 4) is 0 Å². The molecule has 1 amide bonds. The third kappa shape index (κ3) is 3.96. The highest BCUT2D eigenvalue weighted by Gasteiger charge is 2.18. The van der Waals surface area contributed by atoms with E-state index >= 15 is 0 Å². The minimum Gasteiger partial charge on any atom is -0.334 e. The van der Waals surface area contributed by atoms with Crippen LogP contribution >= 0.6 is 22.9 Å². The maximum absolute atomic E-state index is 12.9. The number of aromatic amines is 1. The van der Waals surface area contributed by atoms with E-state index in [1.54, 1.807) is 11.0 Å². The van der Waals surface area contributed by atoms with Gasteiger partial charge in [0, 0.05) is 24.2 Å². The molecule has 0 fully saturated rings. The number of aromatic nitrogens is 3. The lowest BCUT2D eigenvalue weighted by atomic mass is 10.2. The van der Waals surface area contributed by atoms with Crippen LogP contribution in [0, 0.1) is 0 Å². The van der Waals surface area contributed by atoms with Crippen LogP contribution in [0.4, 0.5) is 0 Å². The van der Waals surface area contributed by atoms with Crippen molar-refractivity contribution >= 4 is 39.9 Å². The minimum absolute atomic E-state index is 0.226. The van der Waals surface area contributed by atoms with E-state index in [0.717, 1.165) is 11.3 Å². The molecule has 0 saturated heterocycles. The third-order valence-electron chi connectivity index (χ3n) is 4.17. The quantitative estimate of drug-likeness (QED) is 0.681. The average molecular weight is 407 g/mol. The SMILES string of the molecule is CCCn1c(=O)[nH]c(=O)c2cc(C(=O)N(CC)Cc3ccc(Cl)s3)cnc21. The van der Waals surface area contributed by atoms with Crippen molar-refractivity contribution in [2.45, 2.75) is 33.4 Å². The van der Waals surface area contributed by atoms with E-state index in [0.29, 0.717) is 29.5 Å². The van der Waals surface area contributed by atoms with Crippen molar-refractivity contribution in [2.75, 3.05) is 6.54 Å². The van der Waals surface area contributed by atoms with Gasteiger partial charge in [-0.15, -0.1) is 11.3 Å². The molecule has 0 aliphatic rings. The number of pyridine rings is 1. The number of aryl methyl sites for hydroxylation is 1. The number of thiophene rings is 1. The van der Waals surface area contributed by atoms with E-state index in [-0.39, 0.29) is 16.9 Å². The molecule has 0 atom stereocenters. The fourth-order valence-electron chi connectivity index (χ4n) is 2.85. The molecule has 3 aromatic rings. The topological polar surface area (TPSA) is 88.1 Å². The van der Waals surface area contributed by atoms with Gasteiger partial charge in [0.15, 0.2) is 0 Å². The van der Waals surface area contributed by atoms with Gasteiger partial charge in [-0.25, -0.2) is 9.78 Å². The molecular formula is C18H19ClN4O3S. The highest BCUT2D eigenvalue weighted by Crippen LogP contribution is 2.23. The van der Waals surface area contributed by atoms with Gasteiger partial charge in [-0.3, -0.25) is 19.1 Å². The summed E-state index contributed by atoms with van der Waals surface area (Å²) in [5.74, 6) is -0.232. The van der Waals surface area contributed by atoms with Crippen LogP contribution in [0.3, 0.4) is 0 Å². The lowest BCUT2D eigenvalue weighted by Gasteiger charge is -2.20. The second kappa shape index (κ2) is 8.06. The zero-order valence-electron chi connectivity index (χ0n) is 15.0. The number of carbonyl (C=O) groups excluding carboxylic acids is 1. The molecule has 0 aliphatic heterocycles. The van der Waals surface area contributed by atoms with Gasteiger partial charge >= 0.3 is 5.69 Å². The van der Waals surface area contributed by atoms with Gasteiger partial charge in [0.05, 0.1) is 21.8 Å². The van der Waals surface area contributed by atoms with Gasteiger partial charge in [0.1, 0.15) is 5.65 Å². The van der Waals surface area contributed by atoms with E-state index in [1.165, 1.54) is 28.2 Å². The predicted octanol–water partition coefficient (Wildman–Crippen LogP) is 2.87. The van der Waals surface area contributed by atoms with Crippen LogP contribution in [0.1, 0.15) is 35.5 Å². The van der Waals surface area contributed by atoms with Crippen molar-refractivity contribution in [3.05, 3.63) is 60.0 Å². The summed E-state index contributed by atoms with van der Waals surface area (Å²) in [6.45, 7) is 5.17. The number of hydrogen-bond acceptors (Lipinski definition) is 5. The number of amides is 1. The summed E-state index contributed by atoms with van der Waals surface area (Å²) in [5, 5.41) is 0.226.